The van der Waals surface area contributed by atoms with Crippen molar-refractivity contribution in [3.05, 3.63) is 48.0 Å². The zero-order valence-corrected chi connectivity index (χ0v) is 16.3. The Kier molecular flexibility index (Phi) is 8.66. The number of benzene rings is 1. The number of unbranched alkanes of at least 4 members (excludes halogenated alkanes) is 2. The number of nitrogens with zero attached hydrogens (tertiary/aromatic N) is 4. The zero-order chi connectivity index (χ0) is 18.6. The average molecular weight is 357 g/mol. The molecule has 2 rings (SSSR count). The highest BCUT2D eigenvalue weighted by molar-refractivity contribution is 5.80. The van der Waals surface area contributed by atoms with Gasteiger partial charge in [0.15, 0.2) is 5.96 Å². The molecule has 1 aromatic heterocycles. The predicted molar refractivity (Wildman–Crippen MR) is 107 cm³/mol. The highest BCUT2D eigenvalue weighted by Gasteiger charge is 2.05. The molecule has 0 bridgehead atoms. The van der Waals surface area contributed by atoms with Gasteiger partial charge in [-0.3, -0.25) is 0 Å². The number of rotatable bonds is 10. The average Bonchev–Trinajstić information content (AvgIpc) is 3.13. The van der Waals surface area contributed by atoms with Crippen LogP contribution in [0, 0.1) is 0 Å². The SMILES string of the molecule is CCCCCC(C)NC(=NCc1cccc(Cn2cncn2)c1)NCC. The van der Waals surface area contributed by atoms with Crippen LogP contribution in [0.2, 0.25) is 0 Å². The van der Waals surface area contributed by atoms with E-state index in [1.807, 2.05) is 4.68 Å². The molecule has 0 aliphatic heterocycles. The number of hydrogen-bond donors (Lipinski definition) is 2. The predicted octanol–water partition coefficient (Wildman–Crippen LogP) is 3.35. The molecule has 0 radical (unpaired) electrons. The van der Waals surface area contributed by atoms with Gasteiger partial charge in [-0.2, -0.15) is 5.10 Å². The van der Waals surface area contributed by atoms with Crippen molar-refractivity contribution in [2.45, 2.75) is 65.6 Å². The van der Waals surface area contributed by atoms with Crippen molar-refractivity contribution in [2.75, 3.05) is 6.54 Å². The van der Waals surface area contributed by atoms with E-state index in [-0.39, 0.29) is 0 Å². The lowest BCUT2D eigenvalue weighted by Gasteiger charge is -2.17. The van der Waals surface area contributed by atoms with Crippen LogP contribution in [0.3, 0.4) is 0 Å². The Morgan fingerprint density at radius 3 is 2.81 bits per heavy atom. The van der Waals surface area contributed by atoms with Crippen LogP contribution in [0.1, 0.15) is 57.6 Å². The van der Waals surface area contributed by atoms with Crippen LogP contribution in [-0.2, 0) is 13.1 Å². The summed E-state index contributed by atoms with van der Waals surface area (Å²) in [6.07, 6.45) is 8.27. The molecular formula is C20H32N6. The highest BCUT2D eigenvalue weighted by Crippen LogP contribution is 2.08. The third kappa shape index (κ3) is 7.25. The third-order valence-electron chi connectivity index (χ3n) is 4.19. The summed E-state index contributed by atoms with van der Waals surface area (Å²) in [5.41, 5.74) is 2.40. The van der Waals surface area contributed by atoms with Crippen molar-refractivity contribution >= 4 is 5.96 Å². The summed E-state index contributed by atoms with van der Waals surface area (Å²) in [7, 11) is 0. The molecule has 142 valence electrons. The van der Waals surface area contributed by atoms with Gasteiger partial charge in [0.1, 0.15) is 12.7 Å². The molecule has 0 saturated heterocycles. The van der Waals surface area contributed by atoms with Gasteiger partial charge in [-0.25, -0.2) is 14.7 Å². The van der Waals surface area contributed by atoms with Gasteiger partial charge in [-0.15, -0.1) is 0 Å². The standard InChI is InChI=1S/C20H32N6/c1-4-6-7-9-17(3)25-20(22-5-2)23-13-18-10-8-11-19(12-18)14-26-16-21-15-24-26/h8,10-12,15-17H,4-7,9,13-14H2,1-3H3,(H2,22,23,25). The van der Waals surface area contributed by atoms with Gasteiger partial charge in [-0.05, 0) is 31.4 Å². The van der Waals surface area contributed by atoms with Crippen molar-refractivity contribution in [1.29, 1.82) is 0 Å². The molecule has 2 aromatic rings. The van der Waals surface area contributed by atoms with Crippen LogP contribution in [0.4, 0.5) is 0 Å². The van der Waals surface area contributed by atoms with Gasteiger partial charge < -0.3 is 10.6 Å². The van der Waals surface area contributed by atoms with Gasteiger partial charge >= 0.3 is 0 Å². The topological polar surface area (TPSA) is 67.1 Å². The van der Waals surface area contributed by atoms with Gasteiger partial charge in [0.25, 0.3) is 0 Å². The summed E-state index contributed by atoms with van der Waals surface area (Å²) in [4.78, 5) is 8.74. The van der Waals surface area contributed by atoms with Crippen LogP contribution in [0.15, 0.2) is 41.9 Å². The van der Waals surface area contributed by atoms with Crippen LogP contribution in [0.25, 0.3) is 0 Å². The second kappa shape index (κ2) is 11.3. The van der Waals surface area contributed by atoms with Crippen LogP contribution < -0.4 is 10.6 Å². The molecule has 0 amide bonds. The van der Waals surface area contributed by atoms with E-state index in [1.54, 1.807) is 12.7 Å². The van der Waals surface area contributed by atoms with Gasteiger partial charge in [0.05, 0.1) is 13.1 Å². The summed E-state index contributed by atoms with van der Waals surface area (Å²) < 4.78 is 1.83. The van der Waals surface area contributed by atoms with Crippen molar-refractivity contribution in [1.82, 2.24) is 25.4 Å². The molecular weight excluding hydrogens is 324 g/mol. The van der Waals surface area contributed by atoms with E-state index in [1.165, 1.54) is 36.8 Å². The number of aliphatic imine (C=N–C) groups is 1. The normalized spacial score (nSPS) is 12.8. The lowest BCUT2D eigenvalue weighted by atomic mass is 10.1. The summed E-state index contributed by atoms with van der Waals surface area (Å²) in [6, 6.07) is 8.90. The fourth-order valence-corrected chi connectivity index (χ4v) is 2.82. The first kappa shape index (κ1) is 19.9. The van der Waals surface area contributed by atoms with Crippen LogP contribution >= 0.6 is 0 Å². The van der Waals surface area contributed by atoms with Crippen molar-refractivity contribution in [3.8, 4) is 0 Å². The molecule has 0 spiro atoms. The van der Waals surface area contributed by atoms with E-state index in [9.17, 15) is 0 Å². The van der Waals surface area contributed by atoms with Gasteiger partial charge in [0, 0.05) is 12.6 Å². The Bertz CT molecular complexity index is 650. The number of guanidine groups is 1. The molecule has 1 unspecified atom stereocenters. The van der Waals surface area contributed by atoms with Crippen LogP contribution in [0.5, 0.6) is 0 Å². The Balaban J connectivity index is 1.93. The maximum atomic E-state index is 4.75. The molecule has 26 heavy (non-hydrogen) atoms. The summed E-state index contributed by atoms with van der Waals surface area (Å²) >= 11 is 0. The van der Waals surface area contributed by atoms with E-state index in [0.717, 1.165) is 19.0 Å². The highest BCUT2D eigenvalue weighted by atomic mass is 15.3. The second-order valence-corrected chi connectivity index (χ2v) is 6.65. The van der Waals surface area contributed by atoms with E-state index in [2.05, 4.69) is 65.8 Å². The lowest BCUT2D eigenvalue weighted by molar-refractivity contribution is 0.547. The first-order chi connectivity index (χ1) is 12.7. The molecule has 1 aromatic carbocycles. The Hall–Kier alpha value is -2.37. The zero-order valence-electron chi connectivity index (χ0n) is 16.3. The molecule has 6 nitrogen and oxygen atoms in total. The van der Waals surface area contributed by atoms with Crippen LogP contribution in [-0.4, -0.2) is 33.3 Å². The fourth-order valence-electron chi connectivity index (χ4n) is 2.82. The summed E-state index contributed by atoms with van der Waals surface area (Å²) in [5, 5.41) is 11.0. The maximum absolute atomic E-state index is 4.75. The first-order valence-electron chi connectivity index (χ1n) is 9.66. The summed E-state index contributed by atoms with van der Waals surface area (Å²) in [6.45, 7) is 8.80. The number of nitrogens with one attached hydrogen (secondary N) is 2. The first-order valence-corrected chi connectivity index (χ1v) is 9.66. The molecule has 0 fully saturated rings. The van der Waals surface area contributed by atoms with E-state index in [4.69, 9.17) is 4.99 Å². The van der Waals surface area contributed by atoms with Crippen molar-refractivity contribution in [3.63, 3.8) is 0 Å². The molecule has 6 heteroatoms. The molecule has 0 aliphatic rings. The van der Waals surface area contributed by atoms with E-state index >= 15 is 0 Å². The minimum Gasteiger partial charge on any atom is -0.357 e. The summed E-state index contributed by atoms with van der Waals surface area (Å²) in [5.74, 6) is 0.887. The van der Waals surface area contributed by atoms with E-state index < -0.39 is 0 Å². The van der Waals surface area contributed by atoms with Gasteiger partial charge in [-0.1, -0.05) is 50.5 Å². The maximum Gasteiger partial charge on any atom is 0.191 e. The quantitative estimate of drug-likeness (QED) is 0.389. The second-order valence-electron chi connectivity index (χ2n) is 6.65. The Labute approximate surface area is 157 Å². The van der Waals surface area contributed by atoms with Gasteiger partial charge in [0.2, 0.25) is 0 Å². The van der Waals surface area contributed by atoms with Crippen molar-refractivity contribution < 1.29 is 0 Å². The molecule has 1 atom stereocenters. The monoisotopic (exact) mass is 356 g/mol. The van der Waals surface area contributed by atoms with Crippen molar-refractivity contribution in [2.24, 2.45) is 4.99 Å². The molecule has 2 N–H and O–H groups in total. The number of hydrogen-bond acceptors (Lipinski definition) is 3. The Morgan fingerprint density at radius 1 is 1.23 bits per heavy atom. The molecule has 0 saturated carbocycles. The number of aromatic nitrogens is 3. The molecule has 0 aliphatic carbocycles. The third-order valence-corrected chi connectivity index (χ3v) is 4.19. The minimum atomic E-state index is 0.429. The Morgan fingerprint density at radius 2 is 2.08 bits per heavy atom. The van der Waals surface area contributed by atoms with E-state index in [0.29, 0.717) is 12.6 Å². The largest absolute Gasteiger partial charge is 0.357 e. The minimum absolute atomic E-state index is 0.429. The molecule has 1 heterocycles. The smallest absolute Gasteiger partial charge is 0.191 e. The lowest BCUT2D eigenvalue weighted by Crippen LogP contribution is -2.42. The fraction of sp³-hybridized carbons (Fsp3) is 0.550.